The molecule has 4 heterocycles. The number of ether oxygens (including phenoxy) is 1. The summed E-state index contributed by atoms with van der Waals surface area (Å²) < 4.78 is 6.10. The molecule has 1 aliphatic carbocycles. The minimum atomic E-state index is -1.51. The summed E-state index contributed by atoms with van der Waals surface area (Å²) in [5, 5.41) is 6.66. The van der Waals surface area contributed by atoms with Crippen molar-refractivity contribution in [1.29, 1.82) is 0 Å². The zero-order chi connectivity index (χ0) is 29.6. The average molecular weight is 573 g/mol. The van der Waals surface area contributed by atoms with Crippen molar-refractivity contribution in [2.75, 3.05) is 24.2 Å². The molecule has 0 bridgehead atoms. The first-order valence-electron chi connectivity index (χ1n) is 13.9. The van der Waals surface area contributed by atoms with Crippen LogP contribution >= 0.6 is 0 Å². The Morgan fingerprint density at radius 1 is 1.19 bits per heavy atom. The van der Waals surface area contributed by atoms with Gasteiger partial charge in [0.2, 0.25) is 23.3 Å². The van der Waals surface area contributed by atoms with E-state index in [2.05, 4.69) is 25.6 Å². The van der Waals surface area contributed by atoms with Crippen LogP contribution in [0, 0.1) is 5.92 Å². The van der Waals surface area contributed by atoms with Crippen LogP contribution in [-0.4, -0.2) is 85.7 Å². The number of benzene rings is 1. The number of para-hydroxylation sites is 1. The van der Waals surface area contributed by atoms with Gasteiger partial charge in [0.15, 0.2) is 11.6 Å². The molecule has 1 spiro atoms. The van der Waals surface area contributed by atoms with Crippen molar-refractivity contribution >= 4 is 46.2 Å². The molecule has 4 amide bonds. The molecule has 1 aromatic carbocycles. The highest BCUT2D eigenvalue weighted by Gasteiger charge is 2.58. The lowest BCUT2D eigenvalue weighted by molar-refractivity contribution is -0.148. The molecule has 13 heteroatoms. The number of nitrogens with zero attached hydrogens (tertiary/aromatic N) is 5. The summed E-state index contributed by atoms with van der Waals surface area (Å²) in [5.41, 5.74) is 4.97. The Hall–Kier alpha value is -4.81. The number of nitrogens with two attached hydrogens (primary N) is 1. The summed E-state index contributed by atoms with van der Waals surface area (Å²) in [6.07, 6.45) is 5.17. The van der Waals surface area contributed by atoms with Crippen molar-refractivity contribution in [3.8, 4) is 5.75 Å². The quantitative estimate of drug-likeness (QED) is 0.360. The Bertz CT molecular complexity index is 1570. The highest BCUT2D eigenvalue weighted by molar-refractivity contribution is 6.03. The summed E-state index contributed by atoms with van der Waals surface area (Å²) in [7, 11) is 1.58. The molecule has 0 radical (unpaired) electrons. The van der Waals surface area contributed by atoms with Crippen molar-refractivity contribution < 1.29 is 23.9 Å². The second-order valence-corrected chi connectivity index (χ2v) is 11.2. The number of carbonyl (C=O) groups excluding carboxylic acids is 4. The molecule has 2 aromatic heterocycles. The first-order chi connectivity index (χ1) is 20.2. The third-order valence-corrected chi connectivity index (χ3v) is 8.28. The largest absolute Gasteiger partial charge is 0.472 e. The minimum absolute atomic E-state index is 0.110. The molecule has 4 atom stereocenters. The summed E-state index contributed by atoms with van der Waals surface area (Å²) in [6, 6.07) is 8.10. The van der Waals surface area contributed by atoms with E-state index >= 15 is 0 Å². The molecule has 6 rings (SSSR count). The van der Waals surface area contributed by atoms with Gasteiger partial charge in [-0.25, -0.2) is 15.0 Å². The molecule has 0 unspecified atom stereocenters. The number of nitrogens with one attached hydrogen (secondary N) is 2. The van der Waals surface area contributed by atoms with Crippen LogP contribution in [0.5, 0.6) is 5.75 Å². The Morgan fingerprint density at radius 3 is 2.74 bits per heavy atom. The summed E-state index contributed by atoms with van der Waals surface area (Å²) in [4.78, 5) is 69.1. The highest BCUT2D eigenvalue weighted by atomic mass is 16.5. The van der Waals surface area contributed by atoms with E-state index in [9.17, 15) is 19.2 Å². The van der Waals surface area contributed by atoms with Crippen LogP contribution in [0.15, 0.2) is 48.9 Å². The topological polar surface area (TPSA) is 173 Å². The van der Waals surface area contributed by atoms with Crippen LogP contribution < -0.4 is 21.1 Å². The maximum atomic E-state index is 14.2. The fourth-order valence-corrected chi connectivity index (χ4v) is 5.77. The third kappa shape index (κ3) is 4.95. The molecule has 2 fully saturated rings. The molecule has 1 saturated carbocycles. The number of anilines is 2. The van der Waals surface area contributed by atoms with E-state index in [4.69, 9.17) is 10.5 Å². The molecule has 1 saturated heterocycles. The number of fused-ring (bicyclic) bond motifs is 2. The smallest absolute Gasteiger partial charge is 0.271 e. The number of likely N-dealkylation sites (N-methyl/N-ethyl adjacent to an activating group) is 1. The predicted molar refractivity (Wildman–Crippen MR) is 152 cm³/mol. The maximum Gasteiger partial charge on any atom is 0.271 e. The van der Waals surface area contributed by atoms with E-state index in [1.54, 1.807) is 26.1 Å². The summed E-state index contributed by atoms with van der Waals surface area (Å²) in [6.45, 7) is 1.51. The van der Waals surface area contributed by atoms with Crippen molar-refractivity contribution in [3.63, 3.8) is 0 Å². The number of hydrogen-bond acceptors (Lipinski definition) is 9. The fourth-order valence-electron chi connectivity index (χ4n) is 5.77. The number of pyridine rings is 1. The lowest BCUT2D eigenvalue weighted by Gasteiger charge is -2.35. The third-order valence-electron chi connectivity index (χ3n) is 8.28. The minimum Gasteiger partial charge on any atom is -0.472 e. The van der Waals surface area contributed by atoms with Gasteiger partial charge in [0.25, 0.3) is 5.91 Å². The molecule has 3 aliphatic rings. The van der Waals surface area contributed by atoms with Crippen molar-refractivity contribution in [2.24, 2.45) is 11.7 Å². The lowest BCUT2D eigenvalue weighted by Crippen LogP contribution is -2.57. The SMILES string of the molecule is C[C@H](Nc1ncnc2ccccc12)C(=O)N(C)[C@@H](CC1CC1)C(=O)N1C[C@@]2(C[C@H]1C(N)=O)Oc1cccnc1NC2=O. The molecular formula is C29H32N8O5. The fraction of sp³-hybridized carbons (Fsp3) is 0.414. The van der Waals surface area contributed by atoms with Crippen LogP contribution in [0.2, 0.25) is 0 Å². The van der Waals surface area contributed by atoms with Gasteiger partial charge in [0.05, 0.1) is 12.1 Å². The molecular weight excluding hydrogens is 540 g/mol. The van der Waals surface area contributed by atoms with Gasteiger partial charge in [-0.3, -0.25) is 19.2 Å². The standard InChI is InChI=1S/C29H32N8O5/c1-16(34-24-18-6-3-4-7-19(18)32-15-33-24)26(39)36(2)20(12-17-9-10-17)27(40)37-14-29(13-21(37)23(30)38)28(41)35-25-22(42-29)8-5-11-31-25/h3-8,11,15-17,20-21H,9-10,12-14H2,1-2H3,(H2,30,38)(H,31,35,41)(H,32,33,34)/t16-,20-,21-,29+/m0/s1. The van der Waals surface area contributed by atoms with E-state index in [-0.39, 0.29) is 30.6 Å². The van der Waals surface area contributed by atoms with Gasteiger partial charge < -0.3 is 30.9 Å². The van der Waals surface area contributed by atoms with Crippen LogP contribution in [0.3, 0.4) is 0 Å². The second kappa shape index (κ2) is 10.5. The number of amides is 4. The van der Waals surface area contributed by atoms with E-state index in [0.29, 0.717) is 18.0 Å². The number of rotatable bonds is 8. The summed E-state index contributed by atoms with van der Waals surface area (Å²) >= 11 is 0. The van der Waals surface area contributed by atoms with Gasteiger partial charge in [0.1, 0.15) is 30.3 Å². The van der Waals surface area contributed by atoms with Gasteiger partial charge >= 0.3 is 0 Å². The predicted octanol–water partition coefficient (Wildman–Crippen LogP) is 1.31. The van der Waals surface area contributed by atoms with Crippen molar-refractivity contribution in [1.82, 2.24) is 24.8 Å². The van der Waals surface area contributed by atoms with Crippen molar-refractivity contribution in [3.05, 3.63) is 48.9 Å². The molecule has 218 valence electrons. The Kier molecular flexibility index (Phi) is 6.87. The van der Waals surface area contributed by atoms with Crippen LogP contribution in [0.25, 0.3) is 10.9 Å². The van der Waals surface area contributed by atoms with Crippen LogP contribution in [-0.2, 0) is 19.2 Å². The molecule has 4 N–H and O–H groups in total. The first kappa shape index (κ1) is 27.4. The zero-order valence-corrected chi connectivity index (χ0v) is 23.3. The molecule has 2 aliphatic heterocycles. The van der Waals surface area contributed by atoms with Crippen molar-refractivity contribution in [2.45, 2.75) is 56.3 Å². The number of hydrogen-bond donors (Lipinski definition) is 3. The van der Waals surface area contributed by atoms with Crippen LogP contribution in [0.4, 0.5) is 11.6 Å². The average Bonchev–Trinajstić information content (AvgIpc) is 3.73. The molecule has 13 nitrogen and oxygen atoms in total. The van der Waals surface area contributed by atoms with E-state index < -0.39 is 41.4 Å². The number of primary amides is 1. The van der Waals surface area contributed by atoms with E-state index in [1.807, 2.05) is 24.3 Å². The Morgan fingerprint density at radius 2 is 1.98 bits per heavy atom. The normalized spacial score (nSPS) is 22.6. The van der Waals surface area contributed by atoms with Gasteiger partial charge in [-0.1, -0.05) is 25.0 Å². The van der Waals surface area contributed by atoms with E-state index in [1.165, 1.54) is 22.3 Å². The Labute approximate surface area is 241 Å². The lowest BCUT2D eigenvalue weighted by atomic mass is 9.97. The molecule has 42 heavy (non-hydrogen) atoms. The van der Waals surface area contributed by atoms with Gasteiger partial charge in [-0.2, -0.15) is 0 Å². The number of carbonyl (C=O) groups is 4. The first-order valence-corrected chi connectivity index (χ1v) is 13.9. The van der Waals surface area contributed by atoms with Gasteiger partial charge in [-0.15, -0.1) is 0 Å². The van der Waals surface area contributed by atoms with E-state index in [0.717, 1.165) is 23.7 Å². The summed E-state index contributed by atoms with van der Waals surface area (Å²) in [5.74, 6) is -0.646. The maximum absolute atomic E-state index is 14.2. The number of likely N-dealkylation sites (tertiary alicyclic amines) is 1. The monoisotopic (exact) mass is 572 g/mol. The van der Waals surface area contributed by atoms with Crippen LogP contribution in [0.1, 0.15) is 32.6 Å². The number of aromatic nitrogens is 3. The van der Waals surface area contributed by atoms with Gasteiger partial charge in [-0.05, 0) is 43.5 Å². The Balaban J connectivity index is 1.24. The van der Waals surface area contributed by atoms with Gasteiger partial charge in [0, 0.05) is 25.1 Å². The second-order valence-electron chi connectivity index (χ2n) is 11.2. The highest BCUT2D eigenvalue weighted by Crippen LogP contribution is 2.41. The zero-order valence-electron chi connectivity index (χ0n) is 23.3. The molecule has 3 aromatic rings.